The molecule has 0 aromatic rings. The minimum Gasteiger partial charge on any atom is -0.457 e. The van der Waals surface area contributed by atoms with Crippen molar-refractivity contribution >= 4 is 17.8 Å². The van der Waals surface area contributed by atoms with Gasteiger partial charge in [-0.15, -0.1) is 5.06 Å². The summed E-state index contributed by atoms with van der Waals surface area (Å²) in [5.41, 5.74) is -0.515. The Morgan fingerprint density at radius 2 is 1.56 bits per heavy atom. The van der Waals surface area contributed by atoms with Gasteiger partial charge in [0.05, 0.1) is 0 Å². The minimum absolute atomic E-state index is 0.0538. The Bertz CT molecular complexity index is 597. The number of nitrogens with zero attached hydrogens (tertiary/aromatic N) is 1. The number of carbonyl (C=O) groups excluding carboxylic acids is 3. The van der Waals surface area contributed by atoms with Crippen LogP contribution >= 0.6 is 0 Å². The van der Waals surface area contributed by atoms with E-state index in [-0.39, 0.29) is 5.41 Å². The number of carbonyl (C=O) groups is 3. The molecule has 4 fully saturated rings. The summed E-state index contributed by atoms with van der Waals surface area (Å²) in [6, 6.07) is 0. The van der Waals surface area contributed by atoms with Crippen molar-refractivity contribution in [2.24, 2.45) is 23.2 Å². The fraction of sp³-hybridized carbons (Fsp3) is 0.737. The van der Waals surface area contributed by atoms with Crippen molar-refractivity contribution in [2.75, 3.05) is 6.61 Å². The Morgan fingerprint density at radius 1 is 1.08 bits per heavy atom. The van der Waals surface area contributed by atoms with Gasteiger partial charge in [-0.2, -0.15) is 0 Å². The van der Waals surface area contributed by atoms with Gasteiger partial charge in [-0.3, -0.25) is 14.4 Å². The van der Waals surface area contributed by atoms with Gasteiger partial charge in [-0.1, -0.05) is 0 Å². The number of hydrogen-bond acceptors (Lipinski definition) is 5. The number of imide groups is 1. The second-order valence-corrected chi connectivity index (χ2v) is 8.76. The van der Waals surface area contributed by atoms with Gasteiger partial charge in [0.2, 0.25) is 0 Å². The number of hydrogen-bond donors (Lipinski definition) is 0. The lowest BCUT2D eigenvalue weighted by Crippen LogP contribution is -2.57. The molecule has 4 saturated carbocycles. The molecule has 1 aliphatic heterocycles. The number of rotatable bonds is 5. The molecule has 4 aliphatic carbocycles. The van der Waals surface area contributed by atoms with E-state index in [9.17, 15) is 14.4 Å². The molecule has 5 aliphatic rings. The van der Waals surface area contributed by atoms with Gasteiger partial charge in [-0.25, -0.2) is 4.79 Å². The molecule has 0 N–H and O–H groups in total. The Balaban J connectivity index is 1.39. The van der Waals surface area contributed by atoms with Gasteiger partial charge in [0.25, 0.3) is 11.8 Å². The summed E-state index contributed by atoms with van der Waals surface area (Å²) in [6.45, 7) is 3.58. The topological polar surface area (TPSA) is 72.9 Å². The third-order valence-corrected chi connectivity index (χ3v) is 6.76. The fourth-order valence-electron chi connectivity index (χ4n) is 5.90. The van der Waals surface area contributed by atoms with E-state index in [4.69, 9.17) is 9.57 Å². The van der Waals surface area contributed by atoms with Crippen LogP contribution in [0.2, 0.25) is 0 Å². The summed E-state index contributed by atoms with van der Waals surface area (Å²) in [4.78, 5) is 40.3. The maximum Gasteiger partial charge on any atom is 0.335 e. The Labute approximate surface area is 147 Å². The van der Waals surface area contributed by atoms with Gasteiger partial charge >= 0.3 is 5.97 Å². The van der Waals surface area contributed by atoms with E-state index in [2.05, 4.69) is 0 Å². The normalized spacial score (nSPS) is 36.4. The van der Waals surface area contributed by atoms with E-state index in [1.165, 1.54) is 19.3 Å². The first-order valence-electron chi connectivity index (χ1n) is 9.19. The van der Waals surface area contributed by atoms with Crippen molar-refractivity contribution < 1.29 is 24.0 Å². The van der Waals surface area contributed by atoms with E-state index in [1.807, 2.05) is 13.8 Å². The van der Waals surface area contributed by atoms with E-state index >= 15 is 0 Å². The van der Waals surface area contributed by atoms with Crippen molar-refractivity contribution in [3.05, 3.63) is 12.2 Å². The second kappa shape index (κ2) is 5.66. The van der Waals surface area contributed by atoms with E-state index < -0.39 is 30.0 Å². The van der Waals surface area contributed by atoms with Crippen molar-refractivity contribution in [1.82, 2.24) is 5.06 Å². The lowest BCUT2D eigenvalue weighted by molar-refractivity contribution is -0.214. The van der Waals surface area contributed by atoms with Gasteiger partial charge in [-0.05, 0) is 70.1 Å². The summed E-state index contributed by atoms with van der Waals surface area (Å²) in [7, 11) is 0. The van der Waals surface area contributed by atoms with Crippen LogP contribution in [0.1, 0.15) is 52.4 Å². The highest BCUT2D eigenvalue weighted by Crippen LogP contribution is 2.64. The van der Waals surface area contributed by atoms with Crippen LogP contribution in [0.4, 0.5) is 0 Å². The number of ether oxygens (including phenoxy) is 1. The van der Waals surface area contributed by atoms with Crippen molar-refractivity contribution in [1.29, 1.82) is 0 Å². The molecule has 6 heteroatoms. The zero-order valence-corrected chi connectivity index (χ0v) is 14.8. The van der Waals surface area contributed by atoms with Crippen LogP contribution in [0.5, 0.6) is 0 Å². The molecule has 0 aromatic carbocycles. The highest BCUT2D eigenvalue weighted by atomic mass is 16.7. The zero-order chi connectivity index (χ0) is 17.8. The van der Waals surface area contributed by atoms with Crippen LogP contribution in [-0.4, -0.2) is 35.1 Å². The Hall–Kier alpha value is -1.69. The van der Waals surface area contributed by atoms with Crippen LogP contribution in [0.25, 0.3) is 0 Å². The van der Waals surface area contributed by atoms with Crippen LogP contribution in [0, 0.1) is 23.2 Å². The van der Waals surface area contributed by atoms with E-state index in [1.54, 1.807) is 0 Å². The SMILES string of the molecule is CC(C)(OC(=O)CON1C(=O)C=CC1=O)C12CC3CC(CC(C3)C1)C2. The highest BCUT2D eigenvalue weighted by molar-refractivity contribution is 6.11. The van der Waals surface area contributed by atoms with Gasteiger partial charge < -0.3 is 4.74 Å². The molecule has 0 radical (unpaired) electrons. The molecule has 0 unspecified atom stereocenters. The van der Waals surface area contributed by atoms with Crippen molar-refractivity contribution in [3.63, 3.8) is 0 Å². The zero-order valence-electron chi connectivity index (χ0n) is 14.8. The number of esters is 1. The predicted molar refractivity (Wildman–Crippen MR) is 87.7 cm³/mol. The molecular weight excluding hydrogens is 322 g/mol. The Morgan fingerprint density at radius 3 is 2.04 bits per heavy atom. The third-order valence-electron chi connectivity index (χ3n) is 6.76. The van der Waals surface area contributed by atoms with Crippen LogP contribution in [0.15, 0.2) is 12.2 Å². The van der Waals surface area contributed by atoms with Crippen LogP contribution in [-0.2, 0) is 24.0 Å². The summed E-state index contributed by atoms with van der Waals surface area (Å²) in [5.74, 6) is 0.633. The summed E-state index contributed by atoms with van der Waals surface area (Å²) in [6.07, 6.45) is 9.63. The number of amides is 2. The van der Waals surface area contributed by atoms with E-state index in [0.29, 0.717) is 5.06 Å². The molecule has 6 nitrogen and oxygen atoms in total. The van der Waals surface area contributed by atoms with Gasteiger partial charge in [0.15, 0.2) is 6.61 Å². The molecule has 25 heavy (non-hydrogen) atoms. The molecule has 1 heterocycles. The molecule has 5 rings (SSSR count). The molecule has 4 bridgehead atoms. The maximum absolute atomic E-state index is 12.3. The van der Waals surface area contributed by atoms with Crippen molar-refractivity contribution in [3.8, 4) is 0 Å². The first kappa shape index (κ1) is 16.8. The lowest BCUT2D eigenvalue weighted by atomic mass is 9.46. The number of hydroxylamine groups is 2. The summed E-state index contributed by atoms with van der Waals surface area (Å²) < 4.78 is 5.82. The van der Waals surface area contributed by atoms with Gasteiger partial charge in [0, 0.05) is 17.6 Å². The first-order chi connectivity index (χ1) is 11.8. The molecule has 0 spiro atoms. The monoisotopic (exact) mass is 347 g/mol. The average molecular weight is 347 g/mol. The Kier molecular flexibility index (Phi) is 3.79. The minimum atomic E-state index is -0.571. The quantitative estimate of drug-likeness (QED) is 0.564. The molecule has 0 aromatic heterocycles. The van der Waals surface area contributed by atoms with Crippen LogP contribution in [0.3, 0.4) is 0 Å². The standard InChI is InChI=1S/C19H25NO5/c1-18(2,19-8-12-5-13(9-19)7-14(6-12)10-19)25-17(23)11-24-20-15(21)3-4-16(20)22/h3-4,12-14H,5-11H2,1-2H3. The summed E-state index contributed by atoms with van der Waals surface area (Å²) in [5, 5.41) is 0.596. The maximum atomic E-state index is 12.3. The second-order valence-electron chi connectivity index (χ2n) is 8.76. The van der Waals surface area contributed by atoms with Crippen LogP contribution < -0.4 is 0 Å². The molecule has 136 valence electrons. The molecule has 0 atom stereocenters. The smallest absolute Gasteiger partial charge is 0.335 e. The van der Waals surface area contributed by atoms with E-state index in [0.717, 1.165) is 49.2 Å². The first-order valence-corrected chi connectivity index (χ1v) is 9.19. The summed E-state index contributed by atoms with van der Waals surface area (Å²) >= 11 is 0. The molecule has 2 amide bonds. The molecule has 0 saturated heterocycles. The van der Waals surface area contributed by atoms with Crippen molar-refractivity contribution in [2.45, 2.75) is 58.0 Å². The van der Waals surface area contributed by atoms with Gasteiger partial charge in [0.1, 0.15) is 5.60 Å². The predicted octanol–water partition coefficient (Wildman–Crippen LogP) is 2.38. The highest BCUT2D eigenvalue weighted by Gasteiger charge is 2.58. The largest absolute Gasteiger partial charge is 0.457 e. The average Bonchev–Trinajstić information content (AvgIpc) is 2.82. The third kappa shape index (κ3) is 2.80. The lowest BCUT2D eigenvalue weighted by Gasteiger charge is -2.61. The molecular formula is C19H25NO5. The fourth-order valence-corrected chi connectivity index (χ4v) is 5.90.